The Kier molecular flexibility index (Phi) is 5.72. The predicted octanol–water partition coefficient (Wildman–Crippen LogP) is 4.72. The van der Waals surface area contributed by atoms with Crippen molar-refractivity contribution in [3.05, 3.63) is 63.6 Å². The fraction of sp³-hybridized carbons (Fsp3) is 0.333. The predicted molar refractivity (Wildman–Crippen MR) is 107 cm³/mol. The molecule has 0 saturated heterocycles. The van der Waals surface area contributed by atoms with Crippen LogP contribution < -0.4 is 5.32 Å². The number of halogens is 4. The van der Waals surface area contributed by atoms with Gasteiger partial charge in [-0.25, -0.2) is 4.79 Å². The lowest BCUT2D eigenvalue weighted by atomic mass is 9.74. The number of carbonyl (C=O) groups excluding carboxylic acids is 2. The van der Waals surface area contributed by atoms with Crippen molar-refractivity contribution in [1.82, 2.24) is 0 Å². The Labute approximate surface area is 179 Å². The Morgan fingerprint density at radius 2 is 1.80 bits per heavy atom. The fourth-order valence-corrected chi connectivity index (χ4v) is 3.66. The zero-order valence-electron chi connectivity index (χ0n) is 16.1. The summed E-state index contributed by atoms with van der Waals surface area (Å²) in [6.45, 7) is 3.02. The fourth-order valence-electron chi connectivity index (χ4n) is 3.40. The molecule has 0 aliphatic carbocycles. The van der Waals surface area contributed by atoms with Crippen LogP contribution >= 0.6 is 15.9 Å². The third-order valence-electron chi connectivity index (χ3n) is 5.11. The highest BCUT2D eigenvalue weighted by Crippen LogP contribution is 2.42. The molecule has 2 aromatic carbocycles. The average Bonchev–Trinajstić information content (AvgIpc) is 3.01. The maximum atomic E-state index is 13.9. The van der Waals surface area contributed by atoms with Crippen LogP contribution in [-0.2, 0) is 21.6 Å². The number of hydrogen-bond donors (Lipinski definition) is 2. The van der Waals surface area contributed by atoms with Crippen LogP contribution in [0, 0.1) is 0 Å². The highest BCUT2D eigenvalue weighted by Gasteiger charge is 2.61. The van der Waals surface area contributed by atoms with E-state index in [1.807, 2.05) is 0 Å². The maximum Gasteiger partial charge on any atom is 0.426 e. The summed E-state index contributed by atoms with van der Waals surface area (Å²) in [5.74, 6) is -2.13. The van der Waals surface area contributed by atoms with Gasteiger partial charge in [0.15, 0.2) is 0 Å². The Morgan fingerprint density at radius 1 is 1.17 bits per heavy atom. The normalized spacial score (nSPS) is 15.9. The number of benzene rings is 2. The molecule has 0 bridgehead atoms. The largest absolute Gasteiger partial charge is 0.457 e. The third-order valence-corrected chi connectivity index (χ3v) is 5.64. The first-order valence-electron chi connectivity index (χ1n) is 9.00. The Balaban J connectivity index is 1.88. The lowest BCUT2D eigenvalue weighted by Gasteiger charge is -2.36. The van der Waals surface area contributed by atoms with Gasteiger partial charge in [-0.2, -0.15) is 13.2 Å². The summed E-state index contributed by atoms with van der Waals surface area (Å²) in [5, 5.41) is 12.7. The molecular formula is C21H19BrF3NO4. The number of esters is 1. The molecule has 1 unspecified atom stereocenters. The van der Waals surface area contributed by atoms with Crippen molar-refractivity contribution < 1.29 is 32.6 Å². The number of anilines is 1. The van der Waals surface area contributed by atoms with Gasteiger partial charge in [0.1, 0.15) is 6.61 Å². The maximum absolute atomic E-state index is 13.9. The van der Waals surface area contributed by atoms with E-state index in [-0.39, 0.29) is 17.9 Å². The van der Waals surface area contributed by atoms with Crippen molar-refractivity contribution >= 4 is 33.5 Å². The average molecular weight is 486 g/mol. The molecule has 1 heterocycles. The minimum atomic E-state index is -5.21. The molecule has 0 fully saturated rings. The van der Waals surface area contributed by atoms with Gasteiger partial charge >= 0.3 is 12.1 Å². The summed E-state index contributed by atoms with van der Waals surface area (Å²) < 4.78 is 47.2. The van der Waals surface area contributed by atoms with E-state index in [9.17, 15) is 27.9 Å². The van der Waals surface area contributed by atoms with E-state index in [1.165, 1.54) is 32.0 Å². The van der Waals surface area contributed by atoms with Gasteiger partial charge < -0.3 is 15.2 Å². The van der Waals surface area contributed by atoms with Crippen LogP contribution in [0.2, 0.25) is 0 Å². The van der Waals surface area contributed by atoms with Crippen LogP contribution in [0.1, 0.15) is 41.8 Å². The first-order valence-corrected chi connectivity index (χ1v) is 9.79. The number of hydrogen-bond acceptors (Lipinski definition) is 4. The van der Waals surface area contributed by atoms with Gasteiger partial charge in [-0.15, -0.1) is 0 Å². The molecule has 0 saturated carbocycles. The zero-order chi connectivity index (χ0) is 22.3. The van der Waals surface area contributed by atoms with Gasteiger partial charge in [0.25, 0.3) is 5.91 Å². The van der Waals surface area contributed by atoms with Gasteiger partial charge in [-0.3, -0.25) is 4.79 Å². The molecule has 1 aliphatic rings. The number of fused-ring (bicyclic) bond motifs is 1. The van der Waals surface area contributed by atoms with Crippen molar-refractivity contribution in [2.24, 2.45) is 0 Å². The Hall–Kier alpha value is -2.39. The van der Waals surface area contributed by atoms with E-state index in [1.54, 1.807) is 24.3 Å². The molecule has 5 nitrogen and oxygen atoms in total. The van der Waals surface area contributed by atoms with Gasteiger partial charge in [0.2, 0.25) is 5.60 Å². The zero-order valence-corrected chi connectivity index (χ0v) is 17.7. The number of cyclic esters (lactones) is 1. The van der Waals surface area contributed by atoms with E-state index in [4.69, 9.17) is 4.74 Å². The van der Waals surface area contributed by atoms with Crippen molar-refractivity contribution in [2.75, 3.05) is 5.32 Å². The summed E-state index contributed by atoms with van der Waals surface area (Å²) in [7, 11) is 0. The van der Waals surface area contributed by atoms with Crippen molar-refractivity contribution in [1.29, 1.82) is 0 Å². The second-order valence-electron chi connectivity index (χ2n) is 7.83. The molecule has 0 aromatic heterocycles. The van der Waals surface area contributed by atoms with Crippen LogP contribution in [0.3, 0.4) is 0 Å². The molecule has 2 N–H and O–H groups in total. The number of rotatable bonds is 5. The van der Waals surface area contributed by atoms with Crippen molar-refractivity contribution in [3.63, 3.8) is 0 Å². The molecule has 2 aromatic rings. The third kappa shape index (κ3) is 4.22. The smallest absolute Gasteiger partial charge is 0.426 e. The second kappa shape index (κ2) is 7.70. The van der Waals surface area contributed by atoms with Gasteiger partial charge in [-0.05, 0) is 41.3 Å². The molecule has 1 atom stereocenters. The number of carbonyl (C=O) groups is 2. The topological polar surface area (TPSA) is 75.6 Å². The van der Waals surface area contributed by atoms with Gasteiger partial charge in [-0.1, -0.05) is 41.9 Å². The first-order chi connectivity index (χ1) is 13.8. The van der Waals surface area contributed by atoms with Crippen LogP contribution in [0.15, 0.2) is 46.9 Å². The molecule has 0 spiro atoms. The Bertz CT molecular complexity index is 989. The number of nitrogens with one attached hydrogen (secondary N) is 1. The molecule has 1 aliphatic heterocycles. The van der Waals surface area contributed by atoms with E-state index < -0.39 is 35.5 Å². The van der Waals surface area contributed by atoms with Crippen LogP contribution in [0.25, 0.3) is 0 Å². The second-order valence-corrected chi connectivity index (χ2v) is 8.74. The minimum absolute atomic E-state index is 0.0289. The van der Waals surface area contributed by atoms with Crippen molar-refractivity contribution in [3.8, 4) is 0 Å². The van der Waals surface area contributed by atoms with E-state index in [0.717, 1.165) is 4.47 Å². The molecule has 160 valence electrons. The highest BCUT2D eigenvalue weighted by molar-refractivity contribution is 9.10. The number of amides is 1. The van der Waals surface area contributed by atoms with Crippen LogP contribution in [-0.4, -0.2) is 28.8 Å². The molecule has 3 rings (SSSR count). The SMILES string of the molecule is CC(C)(CC(O)(C(=O)Nc1ccc2c(c1)COC2=O)C(F)(F)F)c1ccc(Br)cc1. The van der Waals surface area contributed by atoms with E-state index in [0.29, 0.717) is 11.1 Å². The number of ether oxygens (including phenoxy) is 1. The van der Waals surface area contributed by atoms with Crippen molar-refractivity contribution in [2.45, 2.75) is 44.1 Å². The van der Waals surface area contributed by atoms with E-state index in [2.05, 4.69) is 21.2 Å². The van der Waals surface area contributed by atoms with Gasteiger partial charge in [0.05, 0.1) is 5.56 Å². The number of aliphatic hydroxyl groups is 1. The quantitative estimate of drug-likeness (QED) is 0.600. The first kappa shape index (κ1) is 22.3. The lowest BCUT2D eigenvalue weighted by molar-refractivity contribution is -0.254. The van der Waals surface area contributed by atoms with Crippen LogP contribution in [0.4, 0.5) is 18.9 Å². The summed E-state index contributed by atoms with van der Waals surface area (Å²) in [6, 6.07) is 10.6. The molecule has 9 heteroatoms. The molecule has 0 radical (unpaired) electrons. The highest BCUT2D eigenvalue weighted by atomic mass is 79.9. The molecular weight excluding hydrogens is 467 g/mol. The monoisotopic (exact) mass is 485 g/mol. The van der Waals surface area contributed by atoms with Crippen LogP contribution in [0.5, 0.6) is 0 Å². The summed E-state index contributed by atoms with van der Waals surface area (Å²) in [4.78, 5) is 24.1. The number of alkyl halides is 3. The molecule has 30 heavy (non-hydrogen) atoms. The standard InChI is InChI=1S/C21H19BrF3NO4/c1-19(2,13-3-5-14(22)6-4-13)11-20(29,21(23,24)25)18(28)26-15-7-8-16-12(9-15)10-30-17(16)27/h3-9,29H,10-11H2,1-2H3,(H,26,28). The molecule has 1 amide bonds. The summed E-state index contributed by atoms with van der Waals surface area (Å²) in [5.41, 5.74) is -3.50. The van der Waals surface area contributed by atoms with E-state index >= 15 is 0 Å². The summed E-state index contributed by atoms with van der Waals surface area (Å²) >= 11 is 3.27. The minimum Gasteiger partial charge on any atom is -0.457 e. The Morgan fingerprint density at radius 3 is 2.40 bits per heavy atom. The van der Waals surface area contributed by atoms with Gasteiger partial charge in [0, 0.05) is 22.1 Å². The lowest BCUT2D eigenvalue weighted by Crippen LogP contribution is -2.57. The summed E-state index contributed by atoms with van der Waals surface area (Å²) in [6.07, 6.45) is -6.09.